The van der Waals surface area contributed by atoms with Gasteiger partial charge in [-0.25, -0.2) is 4.98 Å². The van der Waals surface area contributed by atoms with Crippen molar-refractivity contribution in [3.05, 3.63) is 29.1 Å². The summed E-state index contributed by atoms with van der Waals surface area (Å²) in [7, 11) is 0. The van der Waals surface area contributed by atoms with E-state index in [-0.39, 0.29) is 0 Å². The van der Waals surface area contributed by atoms with E-state index in [0.29, 0.717) is 5.69 Å². The molecule has 0 bridgehead atoms. The van der Waals surface area contributed by atoms with Crippen LogP contribution in [0, 0.1) is 17.2 Å². The van der Waals surface area contributed by atoms with Crippen LogP contribution in [0.25, 0.3) is 0 Å². The predicted molar refractivity (Wildman–Crippen MR) is 50.1 cm³/mol. The van der Waals surface area contributed by atoms with Crippen LogP contribution in [0.4, 0.5) is 0 Å². The predicted octanol–water partition coefficient (Wildman–Crippen LogP) is 2.08. The van der Waals surface area contributed by atoms with Gasteiger partial charge in [-0.15, -0.1) is 0 Å². The molecule has 1 heterocycles. The van der Waals surface area contributed by atoms with Crippen molar-refractivity contribution in [3.63, 3.8) is 0 Å². The first kappa shape index (κ1) is 8.25. The molecule has 0 aromatic carbocycles. The van der Waals surface area contributed by atoms with Crippen LogP contribution >= 0.6 is 0 Å². The molecular formula is C11H12N2. The number of hydrogen-bond acceptors (Lipinski definition) is 2. The molecule has 2 heteroatoms. The van der Waals surface area contributed by atoms with Gasteiger partial charge in [-0.1, -0.05) is 13.0 Å². The van der Waals surface area contributed by atoms with Gasteiger partial charge in [0.05, 0.1) is 0 Å². The van der Waals surface area contributed by atoms with E-state index in [1.807, 2.05) is 6.07 Å². The molecule has 1 aromatic heterocycles. The summed E-state index contributed by atoms with van der Waals surface area (Å²) in [5, 5.41) is 8.68. The minimum Gasteiger partial charge on any atom is -0.242 e. The molecule has 2 nitrogen and oxygen atoms in total. The summed E-state index contributed by atoms with van der Waals surface area (Å²) in [6.45, 7) is 2.27. The molecule has 66 valence electrons. The zero-order valence-corrected chi connectivity index (χ0v) is 7.75. The lowest BCUT2D eigenvalue weighted by molar-refractivity contribution is 0.493. The largest absolute Gasteiger partial charge is 0.242 e. The molecule has 0 N–H and O–H groups in total. The van der Waals surface area contributed by atoms with E-state index < -0.39 is 0 Å². The first-order chi connectivity index (χ1) is 6.29. The molecule has 2 rings (SSSR count). The molecule has 0 fully saturated rings. The van der Waals surface area contributed by atoms with Crippen molar-refractivity contribution in [1.82, 2.24) is 4.98 Å². The van der Waals surface area contributed by atoms with Gasteiger partial charge in [0, 0.05) is 5.69 Å². The number of pyridine rings is 1. The van der Waals surface area contributed by atoms with Crippen molar-refractivity contribution in [2.75, 3.05) is 0 Å². The molecule has 0 saturated heterocycles. The standard InChI is InChI=1S/C11H12N2/c1-8-2-5-11-9(6-8)3-4-10(7-12)13-11/h3-4,8H,2,5-6H2,1H3. The molecule has 0 saturated carbocycles. The van der Waals surface area contributed by atoms with Crippen LogP contribution in [0.15, 0.2) is 12.1 Å². The summed E-state index contributed by atoms with van der Waals surface area (Å²) in [5.74, 6) is 0.766. The average Bonchev–Trinajstić information content (AvgIpc) is 2.17. The summed E-state index contributed by atoms with van der Waals surface area (Å²) >= 11 is 0. The van der Waals surface area contributed by atoms with Crippen LogP contribution in [0.5, 0.6) is 0 Å². The van der Waals surface area contributed by atoms with E-state index in [1.54, 1.807) is 0 Å². The van der Waals surface area contributed by atoms with Crippen LogP contribution in [0.2, 0.25) is 0 Å². The Balaban J connectivity index is 2.38. The molecule has 1 aromatic rings. The molecule has 1 unspecified atom stereocenters. The summed E-state index contributed by atoms with van der Waals surface area (Å²) in [4.78, 5) is 4.31. The van der Waals surface area contributed by atoms with Crippen molar-refractivity contribution in [3.8, 4) is 6.07 Å². The van der Waals surface area contributed by atoms with Crippen molar-refractivity contribution in [1.29, 1.82) is 5.26 Å². The normalized spacial score (nSPS) is 20.5. The number of aromatic nitrogens is 1. The zero-order chi connectivity index (χ0) is 9.26. The molecule has 1 aliphatic carbocycles. The maximum Gasteiger partial charge on any atom is 0.140 e. The minimum absolute atomic E-state index is 0.549. The Hall–Kier alpha value is -1.36. The second-order valence-electron chi connectivity index (χ2n) is 3.76. The van der Waals surface area contributed by atoms with Crippen LogP contribution in [0.1, 0.15) is 30.3 Å². The Kier molecular flexibility index (Phi) is 2.02. The third kappa shape index (κ3) is 1.55. The Morgan fingerprint density at radius 1 is 1.54 bits per heavy atom. The maximum absolute atomic E-state index is 8.68. The van der Waals surface area contributed by atoms with E-state index >= 15 is 0 Å². The zero-order valence-electron chi connectivity index (χ0n) is 7.75. The van der Waals surface area contributed by atoms with Crippen molar-refractivity contribution >= 4 is 0 Å². The van der Waals surface area contributed by atoms with E-state index in [0.717, 1.165) is 24.5 Å². The molecule has 13 heavy (non-hydrogen) atoms. The number of fused-ring (bicyclic) bond motifs is 1. The van der Waals surface area contributed by atoms with Gasteiger partial charge < -0.3 is 0 Å². The van der Waals surface area contributed by atoms with Gasteiger partial charge in [-0.05, 0) is 36.8 Å². The van der Waals surface area contributed by atoms with Gasteiger partial charge in [-0.2, -0.15) is 5.26 Å². The lowest BCUT2D eigenvalue weighted by atomic mass is 9.88. The van der Waals surface area contributed by atoms with Gasteiger partial charge in [0.2, 0.25) is 0 Å². The van der Waals surface area contributed by atoms with Gasteiger partial charge in [-0.3, -0.25) is 0 Å². The van der Waals surface area contributed by atoms with E-state index in [4.69, 9.17) is 5.26 Å². The molecule has 0 spiro atoms. The Morgan fingerprint density at radius 3 is 3.15 bits per heavy atom. The first-order valence-corrected chi connectivity index (χ1v) is 4.68. The van der Waals surface area contributed by atoms with E-state index in [1.165, 1.54) is 12.0 Å². The van der Waals surface area contributed by atoms with Crippen molar-refractivity contribution < 1.29 is 0 Å². The van der Waals surface area contributed by atoms with Gasteiger partial charge in [0.1, 0.15) is 11.8 Å². The molecule has 0 amide bonds. The maximum atomic E-state index is 8.68. The third-order valence-electron chi connectivity index (χ3n) is 2.63. The fraction of sp³-hybridized carbons (Fsp3) is 0.455. The number of hydrogen-bond donors (Lipinski definition) is 0. The molecule has 1 atom stereocenters. The fourth-order valence-corrected chi connectivity index (χ4v) is 1.86. The summed E-state index contributed by atoms with van der Waals surface area (Å²) < 4.78 is 0. The monoisotopic (exact) mass is 172 g/mol. The molecule has 1 aliphatic rings. The number of nitrogens with zero attached hydrogens (tertiary/aromatic N) is 2. The van der Waals surface area contributed by atoms with E-state index in [2.05, 4.69) is 24.0 Å². The Morgan fingerprint density at radius 2 is 2.38 bits per heavy atom. The summed E-state index contributed by atoms with van der Waals surface area (Å²) in [5.41, 5.74) is 3.02. The summed E-state index contributed by atoms with van der Waals surface area (Å²) in [6, 6.07) is 5.95. The van der Waals surface area contributed by atoms with Crippen LogP contribution in [0.3, 0.4) is 0 Å². The molecular weight excluding hydrogens is 160 g/mol. The first-order valence-electron chi connectivity index (χ1n) is 4.68. The minimum atomic E-state index is 0.549. The van der Waals surface area contributed by atoms with Crippen LogP contribution < -0.4 is 0 Å². The number of nitriles is 1. The smallest absolute Gasteiger partial charge is 0.140 e. The quantitative estimate of drug-likeness (QED) is 0.600. The van der Waals surface area contributed by atoms with Crippen molar-refractivity contribution in [2.45, 2.75) is 26.2 Å². The highest BCUT2D eigenvalue weighted by molar-refractivity contribution is 5.30. The highest BCUT2D eigenvalue weighted by Crippen LogP contribution is 2.23. The fourth-order valence-electron chi connectivity index (χ4n) is 1.86. The SMILES string of the molecule is CC1CCc2nc(C#N)ccc2C1. The van der Waals surface area contributed by atoms with E-state index in [9.17, 15) is 0 Å². The highest BCUT2D eigenvalue weighted by atomic mass is 14.7. The Bertz CT molecular complexity index is 363. The number of aryl methyl sites for hydroxylation is 1. The number of rotatable bonds is 0. The van der Waals surface area contributed by atoms with Crippen LogP contribution in [-0.4, -0.2) is 4.98 Å². The van der Waals surface area contributed by atoms with Crippen LogP contribution in [-0.2, 0) is 12.8 Å². The molecule has 0 radical (unpaired) electrons. The molecule has 0 aliphatic heterocycles. The third-order valence-corrected chi connectivity index (χ3v) is 2.63. The lowest BCUT2D eigenvalue weighted by Gasteiger charge is -2.20. The van der Waals surface area contributed by atoms with Gasteiger partial charge >= 0.3 is 0 Å². The van der Waals surface area contributed by atoms with Gasteiger partial charge in [0.15, 0.2) is 0 Å². The lowest BCUT2D eigenvalue weighted by Crippen LogP contribution is -2.13. The second kappa shape index (κ2) is 3.18. The van der Waals surface area contributed by atoms with Crippen molar-refractivity contribution in [2.24, 2.45) is 5.92 Å². The van der Waals surface area contributed by atoms with Gasteiger partial charge in [0.25, 0.3) is 0 Å². The highest BCUT2D eigenvalue weighted by Gasteiger charge is 2.15. The Labute approximate surface area is 78.2 Å². The topological polar surface area (TPSA) is 36.7 Å². The average molecular weight is 172 g/mol. The second-order valence-corrected chi connectivity index (χ2v) is 3.76. The summed E-state index contributed by atoms with van der Waals surface area (Å²) in [6.07, 6.45) is 3.36.